The molecule has 0 saturated carbocycles. The Bertz CT molecular complexity index is 474. The van der Waals surface area contributed by atoms with Crippen LogP contribution in [0.1, 0.15) is 77.3 Å². The van der Waals surface area contributed by atoms with E-state index in [0.717, 1.165) is 37.7 Å². The first-order valence-corrected chi connectivity index (χ1v) is 8.33. The van der Waals surface area contributed by atoms with Crippen LogP contribution in [0.4, 0.5) is 0 Å². The average molecular weight is 289 g/mol. The largest absolute Gasteiger partial charge is 0.508 e. The Labute approximate surface area is 130 Å². The maximum absolute atomic E-state index is 10.1. The highest BCUT2D eigenvalue weighted by atomic mass is 16.3. The van der Waals surface area contributed by atoms with Crippen LogP contribution in [0.15, 0.2) is 18.2 Å². The van der Waals surface area contributed by atoms with Gasteiger partial charge in [-0.15, -0.1) is 0 Å². The zero-order valence-electron chi connectivity index (χ0n) is 14.3. The maximum atomic E-state index is 10.1. The molecule has 1 aliphatic heterocycles. The average Bonchev–Trinajstić information content (AvgIpc) is 2.34. The number of unbranched alkanes of at least 4 members (excludes halogenated alkanes) is 1. The summed E-state index contributed by atoms with van der Waals surface area (Å²) in [6.07, 6.45) is 5.58. The van der Waals surface area contributed by atoms with Crippen LogP contribution in [0, 0.1) is 0 Å². The van der Waals surface area contributed by atoms with Crippen LogP contribution in [-0.2, 0) is 6.42 Å². The minimum absolute atomic E-state index is 0.161. The van der Waals surface area contributed by atoms with E-state index in [9.17, 15) is 5.11 Å². The van der Waals surface area contributed by atoms with E-state index in [0.29, 0.717) is 11.7 Å². The van der Waals surface area contributed by atoms with Gasteiger partial charge in [0.25, 0.3) is 0 Å². The molecule has 1 aliphatic rings. The van der Waals surface area contributed by atoms with Gasteiger partial charge in [-0.25, -0.2) is 0 Å². The lowest BCUT2D eigenvalue weighted by Gasteiger charge is -2.46. The number of hydrogen-bond donors (Lipinski definition) is 2. The van der Waals surface area contributed by atoms with Crippen molar-refractivity contribution in [3.05, 3.63) is 29.3 Å². The Morgan fingerprint density at radius 1 is 1.14 bits per heavy atom. The van der Waals surface area contributed by atoms with Crippen LogP contribution in [0.3, 0.4) is 0 Å². The van der Waals surface area contributed by atoms with Crippen LogP contribution < -0.4 is 5.32 Å². The van der Waals surface area contributed by atoms with E-state index in [-0.39, 0.29) is 11.1 Å². The summed E-state index contributed by atoms with van der Waals surface area (Å²) in [5.74, 6) is 1.02. The molecular weight excluding hydrogens is 258 g/mol. The fourth-order valence-corrected chi connectivity index (χ4v) is 3.98. The SMILES string of the molecule is CCCCc1cc(C2CC(C)(C)NC(C)(C)C2)ccc1O. The Hall–Kier alpha value is -1.02. The third-order valence-corrected chi connectivity index (χ3v) is 4.56. The molecule has 21 heavy (non-hydrogen) atoms. The third-order valence-electron chi connectivity index (χ3n) is 4.56. The Balaban J connectivity index is 2.24. The summed E-state index contributed by atoms with van der Waals surface area (Å²) >= 11 is 0. The van der Waals surface area contributed by atoms with Crippen LogP contribution in [0.5, 0.6) is 5.75 Å². The standard InChI is InChI=1S/C19H31NO/c1-6-7-8-15-11-14(9-10-17(15)21)16-12-18(2,3)20-19(4,5)13-16/h9-11,16,20-21H,6-8,12-13H2,1-5H3. The molecule has 0 spiro atoms. The van der Waals surface area contributed by atoms with Gasteiger partial charge in [0.2, 0.25) is 0 Å². The highest BCUT2D eigenvalue weighted by Gasteiger charge is 2.38. The molecule has 1 aromatic carbocycles. The number of aromatic hydroxyl groups is 1. The summed E-state index contributed by atoms with van der Waals surface area (Å²) < 4.78 is 0. The van der Waals surface area contributed by atoms with Gasteiger partial charge < -0.3 is 10.4 Å². The molecular formula is C19H31NO. The fourth-order valence-electron chi connectivity index (χ4n) is 3.98. The van der Waals surface area contributed by atoms with Crippen LogP contribution >= 0.6 is 0 Å². The number of hydrogen-bond acceptors (Lipinski definition) is 2. The highest BCUT2D eigenvalue weighted by molar-refractivity contribution is 5.38. The van der Waals surface area contributed by atoms with Gasteiger partial charge in [0, 0.05) is 11.1 Å². The van der Waals surface area contributed by atoms with Gasteiger partial charge in [-0.2, -0.15) is 0 Å². The molecule has 2 N–H and O–H groups in total. The molecule has 1 saturated heterocycles. The van der Waals surface area contributed by atoms with Crippen molar-refractivity contribution in [2.45, 2.75) is 83.7 Å². The first kappa shape index (κ1) is 16.4. The van der Waals surface area contributed by atoms with Crippen molar-refractivity contribution in [3.8, 4) is 5.75 Å². The minimum atomic E-state index is 0.161. The number of aryl methyl sites for hydroxylation is 1. The molecule has 2 heteroatoms. The molecule has 0 aliphatic carbocycles. The van der Waals surface area contributed by atoms with Crippen molar-refractivity contribution in [1.82, 2.24) is 5.32 Å². The summed E-state index contributed by atoms with van der Waals surface area (Å²) in [6, 6.07) is 6.25. The molecule has 0 amide bonds. The monoisotopic (exact) mass is 289 g/mol. The molecule has 118 valence electrons. The van der Waals surface area contributed by atoms with Crippen molar-refractivity contribution in [3.63, 3.8) is 0 Å². The number of benzene rings is 1. The van der Waals surface area contributed by atoms with Gasteiger partial charge in [-0.05, 0) is 76.5 Å². The lowest BCUT2D eigenvalue weighted by Crippen LogP contribution is -2.57. The van der Waals surface area contributed by atoms with E-state index in [2.05, 4.69) is 52.1 Å². The quantitative estimate of drug-likeness (QED) is 0.837. The first-order valence-electron chi connectivity index (χ1n) is 8.33. The Morgan fingerprint density at radius 3 is 2.33 bits per heavy atom. The van der Waals surface area contributed by atoms with Crippen molar-refractivity contribution in [1.29, 1.82) is 0 Å². The van der Waals surface area contributed by atoms with E-state index in [4.69, 9.17) is 0 Å². The zero-order chi connectivity index (χ0) is 15.7. The normalized spacial score (nSPS) is 21.4. The van der Waals surface area contributed by atoms with E-state index < -0.39 is 0 Å². The van der Waals surface area contributed by atoms with Crippen LogP contribution in [-0.4, -0.2) is 16.2 Å². The lowest BCUT2D eigenvalue weighted by atomic mass is 9.73. The van der Waals surface area contributed by atoms with Crippen LogP contribution in [0.25, 0.3) is 0 Å². The number of rotatable bonds is 4. The van der Waals surface area contributed by atoms with E-state index in [1.54, 1.807) is 0 Å². The van der Waals surface area contributed by atoms with Gasteiger partial charge >= 0.3 is 0 Å². The van der Waals surface area contributed by atoms with Crippen molar-refractivity contribution < 1.29 is 5.11 Å². The second kappa shape index (κ2) is 6.00. The topological polar surface area (TPSA) is 32.3 Å². The molecule has 2 rings (SSSR count). The molecule has 1 fully saturated rings. The lowest BCUT2D eigenvalue weighted by molar-refractivity contribution is 0.162. The minimum Gasteiger partial charge on any atom is -0.508 e. The summed E-state index contributed by atoms with van der Waals surface area (Å²) in [5, 5.41) is 13.8. The Morgan fingerprint density at radius 2 is 1.76 bits per heavy atom. The zero-order valence-corrected chi connectivity index (χ0v) is 14.3. The number of piperidine rings is 1. The molecule has 0 bridgehead atoms. The van der Waals surface area contributed by atoms with Crippen LogP contribution in [0.2, 0.25) is 0 Å². The van der Waals surface area contributed by atoms with Gasteiger partial charge in [0.1, 0.15) is 5.75 Å². The number of nitrogens with one attached hydrogen (secondary N) is 1. The smallest absolute Gasteiger partial charge is 0.118 e. The molecule has 0 aromatic heterocycles. The molecule has 2 nitrogen and oxygen atoms in total. The summed E-state index contributed by atoms with van der Waals surface area (Å²) in [4.78, 5) is 0. The summed E-state index contributed by atoms with van der Waals surface area (Å²) in [7, 11) is 0. The molecule has 0 radical (unpaired) electrons. The molecule has 1 aromatic rings. The second-order valence-electron chi connectivity index (χ2n) is 7.99. The summed E-state index contributed by atoms with van der Waals surface area (Å²) in [5.41, 5.74) is 2.83. The predicted molar refractivity (Wildman–Crippen MR) is 90.0 cm³/mol. The predicted octanol–water partition coefficient (Wildman–Crippen LogP) is 4.76. The van der Waals surface area contributed by atoms with Gasteiger partial charge in [-0.1, -0.05) is 25.5 Å². The van der Waals surface area contributed by atoms with E-state index in [1.807, 2.05) is 6.07 Å². The Kier molecular flexibility index (Phi) is 4.67. The number of phenols is 1. The van der Waals surface area contributed by atoms with Crippen molar-refractivity contribution >= 4 is 0 Å². The first-order chi connectivity index (χ1) is 9.72. The van der Waals surface area contributed by atoms with Gasteiger partial charge in [0.05, 0.1) is 0 Å². The van der Waals surface area contributed by atoms with Crippen molar-refractivity contribution in [2.24, 2.45) is 0 Å². The fraction of sp³-hybridized carbons (Fsp3) is 0.684. The number of phenolic OH excluding ortho intramolecular Hbond substituents is 1. The van der Waals surface area contributed by atoms with Gasteiger partial charge in [0.15, 0.2) is 0 Å². The second-order valence-corrected chi connectivity index (χ2v) is 7.99. The molecule has 0 unspecified atom stereocenters. The highest BCUT2D eigenvalue weighted by Crippen LogP contribution is 2.40. The van der Waals surface area contributed by atoms with Gasteiger partial charge in [-0.3, -0.25) is 0 Å². The van der Waals surface area contributed by atoms with E-state index in [1.165, 1.54) is 5.56 Å². The van der Waals surface area contributed by atoms with E-state index >= 15 is 0 Å². The maximum Gasteiger partial charge on any atom is 0.118 e. The summed E-state index contributed by atoms with van der Waals surface area (Å²) in [6.45, 7) is 11.4. The molecule has 1 heterocycles. The van der Waals surface area contributed by atoms with Crippen molar-refractivity contribution in [2.75, 3.05) is 0 Å². The third kappa shape index (κ3) is 4.23. The molecule has 0 atom stereocenters.